The van der Waals surface area contributed by atoms with Crippen LogP contribution in [0.4, 0.5) is 0 Å². The Balaban J connectivity index is 1.61. The standard InChI is InChI=1S/C19H20O4S2/c1-13-12-16(24-10-6-14-4-2-8-22-14)17(20)18(21)19(13)25-11-7-15-5-3-9-23-15/h2-5,8-9,12,20-21H,6-7,10-11H2,1H3. The fourth-order valence-electron chi connectivity index (χ4n) is 2.46. The average molecular weight is 376 g/mol. The topological polar surface area (TPSA) is 66.7 Å². The van der Waals surface area contributed by atoms with Crippen LogP contribution in [0.5, 0.6) is 11.5 Å². The highest BCUT2D eigenvalue weighted by Gasteiger charge is 2.16. The normalized spacial score (nSPS) is 11.1. The van der Waals surface area contributed by atoms with Crippen LogP contribution in [-0.2, 0) is 12.8 Å². The van der Waals surface area contributed by atoms with Crippen LogP contribution in [-0.4, -0.2) is 21.7 Å². The SMILES string of the molecule is Cc1cc(SCCc2ccco2)c(O)c(O)c1SCCc1ccco1. The Kier molecular flexibility index (Phi) is 6.04. The average Bonchev–Trinajstić information content (AvgIpc) is 3.29. The van der Waals surface area contributed by atoms with Gasteiger partial charge in [0.25, 0.3) is 0 Å². The second kappa shape index (κ2) is 8.45. The molecule has 0 saturated heterocycles. The lowest BCUT2D eigenvalue weighted by Gasteiger charge is -2.13. The van der Waals surface area contributed by atoms with Crippen molar-refractivity contribution in [2.24, 2.45) is 0 Å². The highest BCUT2D eigenvalue weighted by atomic mass is 32.2. The molecule has 3 aromatic rings. The maximum atomic E-state index is 10.4. The zero-order valence-corrected chi connectivity index (χ0v) is 15.5. The van der Waals surface area contributed by atoms with E-state index in [-0.39, 0.29) is 11.5 Å². The minimum absolute atomic E-state index is 0.0371. The first-order valence-electron chi connectivity index (χ1n) is 8.01. The van der Waals surface area contributed by atoms with Crippen molar-refractivity contribution < 1.29 is 19.0 Å². The number of phenolic OH excluding ortho intramolecular Hbond substituents is 2. The molecule has 0 aliphatic heterocycles. The maximum Gasteiger partial charge on any atom is 0.172 e. The summed E-state index contributed by atoms with van der Waals surface area (Å²) in [5, 5.41) is 20.7. The van der Waals surface area contributed by atoms with Crippen LogP contribution in [0.15, 0.2) is 61.5 Å². The second-order valence-electron chi connectivity index (χ2n) is 5.57. The fraction of sp³-hybridized carbons (Fsp3) is 0.263. The van der Waals surface area contributed by atoms with Gasteiger partial charge in [0.05, 0.1) is 22.3 Å². The third-order valence-electron chi connectivity index (χ3n) is 3.74. The molecule has 0 saturated carbocycles. The van der Waals surface area contributed by atoms with Gasteiger partial charge in [0, 0.05) is 24.3 Å². The van der Waals surface area contributed by atoms with Gasteiger partial charge in [-0.2, -0.15) is 0 Å². The lowest BCUT2D eigenvalue weighted by molar-refractivity contribution is 0.385. The summed E-state index contributed by atoms with van der Waals surface area (Å²) in [5.74, 6) is 3.29. The minimum atomic E-state index is -0.0458. The molecule has 0 bridgehead atoms. The molecule has 0 aliphatic carbocycles. The number of thioether (sulfide) groups is 2. The van der Waals surface area contributed by atoms with E-state index in [0.717, 1.165) is 46.3 Å². The zero-order chi connectivity index (χ0) is 17.6. The number of rotatable bonds is 8. The van der Waals surface area contributed by atoms with Gasteiger partial charge in [-0.15, -0.1) is 23.5 Å². The molecule has 0 aliphatic rings. The summed E-state index contributed by atoms with van der Waals surface area (Å²) in [7, 11) is 0. The molecule has 0 unspecified atom stereocenters. The van der Waals surface area contributed by atoms with Crippen LogP contribution < -0.4 is 0 Å². The zero-order valence-electron chi connectivity index (χ0n) is 13.9. The predicted molar refractivity (Wildman–Crippen MR) is 101 cm³/mol. The molecule has 4 nitrogen and oxygen atoms in total. The third-order valence-corrected chi connectivity index (χ3v) is 5.98. The molecule has 2 aromatic heterocycles. The number of hydrogen-bond acceptors (Lipinski definition) is 6. The molecule has 132 valence electrons. The Hall–Kier alpha value is -1.92. The van der Waals surface area contributed by atoms with Gasteiger partial charge < -0.3 is 19.0 Å². The van der Waals surface area contributed by atoms with E-state index in [0.29, 0.717) is 4.90 Å². The van der Waals surface area contributed by atoms with Crippen molar-refractivity contribution in [3.05, 3.63) is 59.9 Å². The predicted octanol–water partition coefficient (Wildman–Crippen LogP) is 5.26. The Morgan fingerprint density at radius 1 is 0.880 bits per heavy atom. The highest BCUT2D eigenvalue weighted by molar-refractivity contribution is 7.99. The molecule has 2 N–H and O–H groups in total. The number of aromatic hydroxyl groups is 2. The van der Waals surface area contributed by atoms with Crippen LogP contribution >= 0.6 is 23.5 Å². The minimum Gasteiger partial charge on any atom is -0.503 e. The fourth-order valence-corrected chi connectivity index (χ4v) is 4.50. The summed E-state index contributed by atoms with van der Waals surface area (Å²) in [6.07, 6.45) is 4.86. The Bertz CT molecular complexity index is 795. The molecule has 0 fully saturated rings. The van der Waals surface area contributed by atoms with Crippen LogP contribution in [0.25, 0.3) is 0 Å². The van der Waals surface area contributed by atoms with Crippen molar-refractivity contribution in [2.75, 3.05) is 11.5 Å². The first kappa shape index (κ1) is 17.9. The van der Waals surface area contributed by atoms with E-state index < -0.39 is 0 Å². The lowest BCUT2D eigenvalue weighted by Crippen LogP contribution is -1.91. The monoisotopic (exact) mass is 376 g/mol. The van der Waals surface area contributed by atoms with Gasteiger partial charge in [0.1, 0.15) is 11.5 Å². The van der Waals surface area contributed by atoms with Crippen LogP contribution in [0, 0.1) is 6.92 Å². The van der Waals surface area contributed by atoms with Gasteiger partial charge in [0.2, 0.25) is 0 Å². The van der Waals surface area contributed by atoms with Crippen LogP contribution in [0.2, 0.25) is 0 Å². The van der Waals surface area contributed by atoms with E-state index >= 15 is 0 Å². The van der Waals surface area contributed by atoms with E-state index in [1.807, 2.05) is 37.3 Å². The number of hydrogen-bond donors (Lipinski definition) is 2. The number of aryl methyl sites for hydroxylation is 3. The lowest BCUT2D eigenvalue weighted by atomic mass is 10.2. The Morgan fingerprint density at radius 3 is 2.04 bits per heavy atom. The molecule has 0 atom stereocenters. The Labute approximate surface area is 155 Å². The summed E-state index contributed by atoms with van der Waals surface area (Å²) >= 11 is 3.03. The second-order valence-corrected chi connectivity index (χ2v) is 7.82. The molecule has 25 heavy (non-hydrogen) atoms. The highest BCUT2D eigenvalue weighted by Crippen LogP contribution is 2.44. The van der Waals surface area contributed by atoms with E-state index in [4.69, 9.17) is 8.83 Å². The molecule has 2 heterocycles. The summed E-state index contributed by atoms with van der Waals surface area (Å²) in [4.78, 5) is 1.41. The Morgan fingerprint density at radius 2 is 1.48 bits per heavy atom. The van der Waals surface area contributed by atoms with Gasteiger partial charge in [0.15, 0.2) is 11.5 Å². The summed E-state index contributed by atoms with van der Waals surface area (Å²) < 4.78 is 10.6. The molecule has 6 heteroatoms. The summed E-state index contributed by atoms with van der Waals surface area (Å²) in [5.41, 5.74) is 0.959. The van der Waals surface area contributed by atoms with Crippen molar-refractivity contribution in [3.8, 4) is 11.5 Å². The molecular formula is C19H20O4S2. The summed E-state index contributed by atoms with van der Waals surface area (Å²) in [6, 6.07) is 9.52. The van der Waals surface area contributed by atoms with Gasteiger partial charge >= 0.3 is 0 Å². The van der Waals surface area contributed by atoms with Crippen LogP contribution in [0.1, 0.15) is 17.1 Å². The first-order chi connectivity index (χ1) is 12.1. The van der Waals surface area contributed by atoms with Crippen molar-refractivity contribution in [1.82, 2.24) is 0 Å². The molecule has 1 aromatic carbocycles. The van der Waals surface area contributed by atoms with Gasteiger partial charge in [-0.25, -0.2) is 0 Å². The van der Waals surface area contributed by atoms with Gasteiger partial charge in [-0.05, 0) is 42.8 Å². The van der Waals surface area contributed by atoms with E-state index in [1.54, 1.807) is 12.5 Å². The van der Waals surface area contributed by atoms with Crippen LogP contribution in [0.3, 0.4) is 0 Å². The molecular weight excluding hydrogens is 356 g/mol. The molecule has 0 spiro atoms. The van der Waals surface area contributed by atoms with Crippen molar-refractivity contribution in [3.63, 3.8) is 0 Å². The van der Waals surface area contributed by atoms with Crippen molar-refractivity contribution >= 4 is 23.5 Å². The molecule has 3 rings (SSSR count). The number of benzene rings is 1. The quantitative estimate of drug-likeness (QED) is 0.413. The van der Waals surface area contributed by atoms with Crippen molar-refractivity contribution in [1.29, 1.82) is 0 Å². The number of furan rings is 2. The molecule has 0 amide bonds. The van der Waals surface area contributed by atoms with E-state index in [2.05, 4.69) is 0 Å². The van der Waals surface area contributed by atoms with Gasteiger partial charge in [-0.3, -0.25) is 0 Å². The van der Waals surface area contributed by atoms with E-state index in [1.165, 1.54) is 23.5 Å². The van der Waals surface area contributed by atoms with E-state index in [9.17, 15) is 10.2 Å². The third kappa shape index (κ3) is 4.58. The van der Waals surface area contributed by atoms with Crippen molar-refractivity contribution in [2.45, 2.75) is 29.6 Å². The number of phenols is 2. The smallest absolute Gasteiger partial charge is 0.172 e. The molecule has 0 radical (unpaired) electrons. The maximum absolute atomic E-state index is 10.4. The largest absolute Gasteiger partial charge is 0.503 e. The first-order valence-corrected chi connectivity index (χ1v) is 9.98. The van der Waals surface area contributed by atoms with Gasteiger partial charge in [-0.1, -0.05) is 0 Å². The summed E-state index contributed by atoms with van der Waals surface area (Å²) in [6.45, 7) is 1.95.